The Balaban J connectivity index is 3.42. The number of hydrogen-bond acceptors (Lipinski definition) is 5. The lowest BCUT2D eigenvalue weighted by atomic mass is 10.1. The molecule has 0 amide bonds. The van der Waals surface area contributed by atoms with Gasteiger partial charge in [-0.05, 0) is 12.8 Å². The lowest BCUT2D eigenvalue weighted by molar-refractivity contribution is 0.0794. The fourth-order valence-electron chi connectivity index (χ4n) is 4.27. The van der Waals surface area contributed by atoms with E-state index in [0.717, 1.165) is 26.1 Å². The first-order valence-corrected chi connectivity index (χ1v) is 17.6. The SMILES string of the molecule is CCCCCCCCCCCCOCCOP(C)(=NC)OCCOCCCCCCCCCCCC. The van der Waals surface area contributed by atoms with Crippen LogP contribution in [-0.2, 0) is 18.5 Å². The molecule has 0 unspecified atom stereocenters. The van der Waals surface area contributed by atoms with E-state index in [2.05, 4.69) is 18.6 Å². The Morgan fingerprint density at radius 3 is 1.03 bits per heavy atom. The zero-order valence-corrected chi connectivity index (χ0v) is 25.8. The minimum absolute atomic E-state index is 0.541. The summed E-state index contributed by atoms with van der Waals surface area (Å²) in [4.78, 5) is 0. The zero-order valence-electron chi connectivity index (χ0n) is 24.9. The molecule has 0 aromatic heterocycles. The third kappa shape index (κ3) is 27.1. The Morgan fingerprint density at radius 1 is 0.417 bits per heavy atom. The van der Waals surface area contributed by atoms with Crippen molar-refractivity contribution in [1.82, 2.24) is 0 Å². The van der Waals surface area contributed by atoms with E-state index in [9.17, 15) is 0 Å². The monoisotopic (exact) mass is 533 g/mol. The van der Waals surface area contributed by atoms with Crippen molar-refractivity contribution < 1.29 is 18.5 Å². The number of ether oxygens (including phenoxy) is 2. The molecule has 0 aromatic carbocycles. The Bertz CT molecular complexity index is 440. The first-order chi connectivity index (χ1) is 17.7. The average molecular weight is 534 g/mol. The molecule has 0 aliphatic carbocycles. The van der Waals surface area contributed by atoms with Gasteiger partial charge in [0.05, 0.1) is 26.4 Å². The highest BCUT2D eigenvalue weighted by molar-refractivity contribution is 7.55. The molecule has 0 N–H and O–H groups in total. The van der Waals surface area contributed by atoms with Crippen molar-refractivity contribution >= 4 is 7.51 Å². The topological polar surface area (TPSA) is 49.3 Å². The van der Waals surface area contributed by atoms with Crippen molar-refractivity contribution in [2.75, 3.05) is 53.4 Å². The fourth-order valence-corrected chi connectivity index (χ4v) is 5.40. The molecular formula is C30H64NO4P. The molecule has 0 heterocycles. The molecule has 0 bridgehead atoms. The van der Waals surface area contributed by atoms with E-state index < -0.39 is 7.51 Å². The highest BCUT2D eigenvalue weighted by Crippen LogP contribution is 2.47. The van der Waals surface area contributed by atoms with Gasteiger partial charge in [-0.1, -0.05) is 129 Å². The average Bonchev–Trinajstić information content (AvgIpc) is 2.89. The minimum atomic E-state index is -2.15. The second-order valence-corrected chi connectivity index (χ2v) is 12.8. The molecule has 0 aliphatic heterocycles. The molecule has 218 valence electrons. The van der Waals surface area contributed by atoms with Crippen LogP contribution in [0.3, 0.4) is 0 Å². The van der Waals surface area contributed by atoms with E-state index in [0.29, 0.717) is 26.4 Å². The summed E-state index contributed by atoms with van der Waals surface area (Å²) in [6, 6.07) is 0. The Morgan fingerprint density at radius 2 is 0.722 bits per heavy atom. The molecule has 6 heteroatoms. The van der Waals surface area contributed by atoms with Crippen LogP contribution >= 0.6 is 7.51 Å². The summed E-state index contributed by atoms with van der Waals surface area (Å²) >= 11 is 0. The van der Waals surface area contributed by atoms with Gasteiger partial charge in [-0.2, -0.15) is 0 Å². The quantitative estimate of drug-likeness (QED) is 0.0680. The Labute approximate surface area is 226 Å². The smallest absolute Gasteiger partial charge is 0.209 e. The van der Waals surface area contributed by atoms with Gasteiger partial charge in [0, 0.05) is 26.9 Å². The van der Waals surface area contributed by atoms with E-state index in [1.807, 2.05) is 6.66 Å². The third-order valence-electron chi connectivity index (χ3n) is 6.76. The van der Waals surface area contributed by atoms with E-state index in [1.54, 1.807) is 7.05 Å². The summed E-state index contributed by atoms with van der Waals surface area (Å²) in [7, 11) is -0.373. The van der Waals surface area contributed by atoms with Gasteiger partial charge < -0.3 is 18.5 Å². The van der Waals surface area contributed by atoms with Gasteiger partial charge in [0.25, 0.3) is 0 Å². The van der Waals surface area contributed by atoms with Crippen LogP contribution < -0.4 is 0 Å². The van der Waals surface area contributed by atoms with E-state index in [4.69, 9.17) is 18.5 Å². The third-order valence-corrected chi connectivity index (χ3v) is 8.81. The molecule has 0 rings (SSSR count). The summed E-state index contributed by atoms with van der Waals surface area (Å²) in [5.41, 5.74) is 0. The van der Waals surface area contributed by atoms with Crippen molar-refractivity contribution in [3.05, 3.63) is 0 Å². The fraction of sp³-hybridized carbons (Fsp3) is 1.00. The van der Waals surface area contributed by atoms with Gasteiger partial charge in [-0.25, -0.2) is 0 Å². The van der Waals surface area contributed by atoms with Crippen molar-refractivity contribution in [2.24, 2.45) is 4.74 Å². The second kappa shape index (κ2) is 29.6. The predicted molar refractivity (Wildman–Crippen MR) is 158 cm³/mol. The highest BCUT2D eigenvalue weighted by Gasteiger charge is 2.13. The van der Waals surface area contributed by atoms with E-state index >= 15 is 0 Å². The van der Waals surface area contributed by atoms with Crippen LogP contribution in [0.1, 0.15) is 142 Å². The van der Waals surface area contributed by atoms with Crippen LogP contribution in [0.2, 0.25) is 0 Å². The van der Waals surface area contributed by atoms with Gasteiger partial charge in [0.2, 0.25) is 7.51 Å². The van der Waals surface area contributed by atoms with Crippen molar-refractivity contribution in [3.8, 4) is 0 Å². The van der Waals surface area contributed by atoms with Crippen molar-refractivity contribution in [1.29, 1.82) is 0 Å². The Hall–Kier alpha value is 0.0700. The van der Waals surface area contributed by atoms with E-state index in [-0.39, 0.29) is 0 Å². The molecular weight excluding hydrogens is 469 g/mol. The van der Waals surface area contributed by atoms with Gasteiger partial charge in [-0.3, -0.25) is 4.74 Å². The van der Waals surface area contributed by atoms with Crippen LogP contribution in [0.25, 0.3) is 0 Å². The molecule has 0 spiro atoms. The summed E-state index contributed by atoms with van der Waals surface area (Å²) in [6.07, 6.45) is 27.0. The van der Waals surface area contributed by atoms with E-state index in [1.165, 1.54) is 116 Å². The molecule has 0 aliphatic rings. The highest BCUT2D eigenvalue weighted by atomic mass is 31.2. The molecule has 0 fully saturated rings. The number of unbranched alkanes of at least 4 members (excludes halogenated alkanes) is 18. The number of nitrogens with zero attached hydrogens (tertiary/aromatic N) is 1. The lowest BCUT2D eigenvalue weighted by Crippen LogP contribution is -2.08. The maximum Gasteiger partial charge on any atom is 0.209 e. The Kier molecular flexibility index (Phi) is 29.7. The van der Waals surface area contributed by atoms with Gasteiger partial charge in [0.1, 0.15) is 0 Å². The molecule has 0 saturated carbocycles. The maximum absolute atomic E-state index is 5.93. The number of rotatable bonds is 30. The molecule has 5 nitrogen and oxygen atoms in total. The first kappa shape index (κ1) is 36.1. The van der Waals surface area contributed by atoms with Crippen LogP contribution in [0, 0.1) is 0 Å². The maximum atomic E-state index is 5.93. The van der Waals surface area contributed by atoms with Gasteiger partial charge in [0.15, 0.2) is 0 Å². The summed E-state index contributed by atoms with van der Waals surface area (Å²) < 4.78 is 27.7. The molecule has 0 atom stereocenters. The van der Waals surface area contributed by atoms with Crippen LogP contribution in [0.4, 0.5) is 0 Å². The summed E-state index contributed by atoms with van der Waals surface area (Å²) in [5, 5.41) is 0. The minimum Gasteiger partial charge on any atom is -0.379 e. The second-order valence-electron chi connectivity index (χ2n) is 10.3. The predicted octanol–water partition coefficient (Wildman–Crippen LogP) is 10.2. The van der Waals surface area contributed by atoms with Gasteiger partial charge in [-0.15, -0.1) is 0 Å². The van der Waals surface area contributed by atoms with Crippen molar-refractivity contribution in [3.63, 3.8) is 0 Å². The molecule has 0 saturated heterocycles. The first-order valence-electron chi connectivity index (χ1n) is 15.6. The largest absolute Gasteiger partial charge is 0.379 e. The van der Waals surface area contributed by atoms with Crippen LogP contribution in [0.5, 0.6) is 0 Å². The van der Waals surface area contributed by atoms with Crippen LogP contribution in [0.15, 0.2) is 4.74 Å². The lowest BCUT2D eigenvalue weighted by Gasteiger charge is -2.19. The standard InChI is InChI=1S/C30H64NO4P/c1-5-7-9-11-13-15-17-19-21-23-25-32-27-29-34-36(4,31-3)35-30-28-33-26-24-22-20-18-16-14-12-10-8-6-2/h5-30H2,1-4H3. The van der Waals surface area contributed by atoms with Crippen LogP contribution in [-0.4, -0.2) is 53.4 Å². The summed E-state index contributed by atoms with van der Waals surface area (Å²) in [5.74, 6) is 0. The molecule has 36 heavy (non-hydrogen) atoms. The van der Waals surface area contributed by atoms with Crippen molar-refractivity contribution in [2.45, 2.75) is 142 Å². The zero-order chi connectivity index (χ0) is 26.4. The normalized spacial score (nSPS) is 11.9. The van der Waals surface area contributed by atoms with Gasteiger partial charge >= 0.3 is 0 Å². The molecule has 0 aromatic rings. The number of hydrogen-bond donors (Lipinski definition) is 0. The summed E-state index contributed by atoms with van der Waals surface area (Å²) in [6.45, 7) is 10.5. The molecule has 0 radical (unpaired) electrons.